The minimum atomic E-state index is 0.249. The molecule has 1 aromatic rings. The molecule has 0 amide bonds. The van der Waals surface area contributed by atoms with Crippen molar-refractivity contribution in [3.8, 4) is 0 Å². The van der Waals surface area contributed by atoms with Gasteiger partial charge in [-0.1, -0.05) is 13.8 Å². The normalized spacial score (nSPS) is 11.2. The number of carbonyl (C=O) groups excluding carboxylic acids is 1. The van der Waals surface area contributed by atoms with E-state index < -0.39 is 0 Å². The summed E-state index contributed by atoms with van der Waals surface area (Å²) in [5, 5.41) is 7.65. The van der Waals surface area contributed by atoms with Crippen LogP contribution in [0.3, 0.4) is 0 Å². The monoisotopic (exact) mass is 315 g/mol. The summed E-state index contributed by atoms with van der Waals surface area (Å²) >= 11 is 3.51. The molecule has 0 unspecified atom stereocenters. The Labute approximate surface area is 117 Å². The van der Waals surface area contributed by atoms with Gasteiger partial charge in [-0.2, -0.15) is 5.10 Å². The Kier molecular flexibility index (Phi) is 6.02. The standard InChI is InChI=1S/C13H22BrN3O/c1-5-17-12(13(14)10(4)16-17)8-11(18)6-7-15-9(2)3/h9,15H,5-8H2,1-4H3. The molecule has 0 spiro atoms. The Hall–Kier alpha value is -0.680. The largest absolute Gasteiger partial charge is 0.314 e. The Balaban J connectivity index is 2.59. The van der Waals surface area contributed by atoms with Gasteiger partial charge < -0.3 is 5.32 Å². The molecule has 0 fully saturated rings. The molecule has 0 radical (unpaired) electrons. The zero-order chi connectivity index (χ0) is 13.7. The van der Waals surface area contributed by atoms with Gasteiger partial charge in [0.1, 0.15) is 5.78 Å². The van der Waals surface area contributed by atoms with E-state index in [1.807, 2.05) is 18.5 Å². The molecule has 1 rings (SSSR count). The van der Waals surface area contributed by atoms with Crippen molar-refractivity contribution in [2.24, 2.45) is 0 Å². The molecule has 0 saturated heterocycles. The van der Waals surface area contributed by atoms with Crippen LogP contribution >= 0.6 is 15.9 Å². The number of Topliss-reactive ketones (excluding diaryl/α,β-unsaturated/α-hetero) is 1. The number of hydrogen-bond acceptors (Lipinski definition) is 3. The number of nitrogens with one attached hydrogen (secondary N) is 1. The maximum absolute atomic E-state index is 11.9. The number of aromatic nitrogens is 2. The maximum Gasteiger partial charge on any atom is 0.140 e. The number of ketones is 1. The van der Waals surface area contributed by atoms with Crippen LogP contribution in [0.1, 0.15) is 38.6 Å². The van der Waals surface area contributed by atoms with E-state index in [-0.39, 0.29) is 5.78 Å². The highest BCUT2D eigenvalue weighted by atomic mass is 79.9. The minimum absolute atomic E-state index is 0.249. The van der Waals surface area contributed by atoms with Crippen molar-refractivity contribution in [3.63, 3.8) is 0 Å². The van der Waals surface area contributed by atoms with Crippen molar-refractivity contribution in [1.29, 1.82) is 0 Å². The van der Waals surface area contributed by atoms with Crippen molar-refractivity contribution in [3.05, 3.63) is 15.9 Å². The van der Waals surface area contributed by atoms with E-state index in [0.29, 0.717) is 18.9 Å². The second kappa shape index (κ2) is 7.04. The van der Waals surface area contributed by atoms with E-state index >= 15 is 0 Å². The SMILES string of the molecule is CCn1nc(C)c(Br)c1CC(=O)CCNC(C)C. The first-order chi connectivity index (χ1) is 8.45. The highest BCUT2D eigenvalue weighted by Gasteiger charge is 2.15. The first kappa shape index (κ1) is 15.4. The molecule has 0 atom stereocenters. The zero-order valence-electron chi connectivity index (χ0n) is 11.6. The molecule has 1 N–H and O–H groups in total. The minimum Gasteiger partial charge on any atom is -0.314 e. The van der Waals surface area contributed by atoms with Crippen molar-refractivity contribution in [2.75, 3.05) is 6.54 Å². The molecule has 0 aliphatic heterocycles. The second-order valence-corrected chi connectivity index (χ2v) is 5.53. The summed E-state index contributed by atoms with van der Waals surface area (Å²) in [6.07, 6.45) is 1.02. The summed E-state index contributed by atoms with van der Waals surface area (Å²) < 4.78 is 2.86. The van der Waals surface area contributed by atoms with Crippen molar-refractivity contribution in [1.82, 2.24) is 15.1 Å². The van der Waals surface area contributed by atoms with E-state index in [9.17, 15) is 4.79 Å². The Morgan fingerprint density at radius 1 is 1.50 bits per heavy atom. The highest BCUT2D eigenvalue weighted by molar-refractivity contribution is 9.10. The van der Waals surface area contributed by atoms with Crippen LogP contribution in [0.15, 0.2) is 4.47 Å². The van der Waals surface area contributed by atoms with Crippen LogP contribution in [0, 0.1) is 6.92 Å². The molecule has 18 heavy (non-hydrogen) atoms. The lowest BCUT2D eigenvalue weighted by molar-refractivity contribution is -0.118. The Morgan fingerprint density at radius 2 is 2.17 bits per heavy atom. The Morgan fingerprint density at radius 3 is 2.72 bits per heavy atom. The van der Waals surface area contributed by atoms with Crippen molar-refractivity contribution < 1.29 is 4.79 Å². The number of nitrogens with zero attached hydrogens (tertiary/aromatic N) is 2. The number of hydrogen-bond donors (Lipinski definition) is 1. The first-order valence-corrected chi connectivity index (χ1v) is 7.21. The van der Waals surface area contributed by atoms with Gasteiger partial charge in [-0.15, -0.1) is 0 Å². The molecule has 102 valence electrons. The van der Waals surface area contributed by atoms with Crippen LogP contribution < -0.4 is 5.32 Å². The maximum atomic E-state index is 11.9. The fourth-order valence-corrected chi connectivity index (χ4v) is 2.24. The highest BCUT2D eigenvalue weighted by Crippen LogP contribution is 2.21. The molecule has 0 aliphatic carbocycles. The Bertz CT molecular complexity index is 413. The third-order valence-corrected chi connectivity index (χ3v) is 3.81. The summed E-state index contributed by atoms with van der Waals surface area (Å²) in [6, 6.07) is 0.424. The van der Waals surface area contributed by atoms with Crippen LogP contribution in [-0.4, -0.2) is 28.2 Å². The van der Waals surface area contributed by atoms with Crippen molar-refractivity contribution >= 4 is 21.7 Å². The summed E-state index contributed by atoms with van der Waals surface area (Å²) in [5.41, 5.74) is 1.93. The molecule has 4 nitrogen and oxygen atoms in total. The molecule has 0 aliphatic rings. The third-order valence-electron chi connectivity index (χ3n) is 2.77. The van der Waals surface area contributed by atoms with Crippen molar-refractivity contribution in [2.45, 2.75) is 53.1 Å². The molecule has 0 aromatic carbocycles. The molecule has 5 heteroatoms. The zero-order valence-corrected chi connectivity index (χ0v) is 13.2. The molecule has 0 bridgehead atoms. The van der Waals surface area contributed by atoms with E-state index in [1.54, 1.807) is 0 Å². The topological polar surface area (TPSA) is 46.9 Å². The number of rotatable bonds is 7. The summed E-state index contributed by atoms with van der Waals surface area (Å²) in [6.45, 7) is 9.68. The van der Waals surface area contributed by atoms with Crippen LogP contribution in [0.25, 0.3) is 0 Å². The van der Waals surface area contributed by atoms with Gasteiger partial charge in [-0.3, -0.25) is 9.48 Å². The molecule has 1 heterocycles. The van der Waals surface area contributed by atoms with Crippen LogP contribution in [0.4, 0.5) is 0 Å². The number of carbonyl (C=O) groups is 1. The van der Waals surface area contributed by atoms with Gasteiger partial charge in [0, 0.05) is 32.0 Å². The van der Waals surface area contributed by atoms with Gasteiger partial charge >= 0.3 is 0 Å². The fourth-order valence-electron chi connectivity index (χ4n) is 1.81. The number of aryl methyl sites for hydroxylation is 2. The molecular formula is C13H22BrN3O. The van der Waals surface area contributed by atoms with E-state index in [1.165, 1.54) is 0 Å². The smallest absolute Gasteiger partial charge is 0.140 e. The summed E-state index contributed by atoms with van der Waals surface area (Å²) in [5.74, 6) is 0.249. The van der Waals surface area contributed by atoms with E-state index in [2.05, 4.69) is 40.2 Å². The predicted octanol–water partition coefficient (Wildman–Crippen LogP) is 2.47. The van der Waals surface area contributed by atoms with E-state index in [4.69, 9.17) is 0 Å². The summed E-state index contributed by atoms with van der Waals surface area (Å²) in [4.78, 5) is 11.9. The molecule has 1 aromatic heterocycles. The van der Waals surface area contributed by atoms with Crippen LogP contribution in [0.5, 0.6) is 0 Å². The van der Waals surface area contributed by atoms with Crippen LogP contribution in [0.2, 0.25) is 0 Å². The molecular weight excluding hydrogens is 294 g/mol. The third kappa shape index (κ3) is 4.21. The van der Waals surface area contributed by atoms with Gasteiger partial charge in [0.15, 0.2) is 0 Å². The van der Waals surface area contributed by atoms with E-state index in [0.717, 1.165) is 29.0 Å². The predicted molar refractivity (Wildman–Crippen MR) is 76.8 cm³/mol. The van der Waals surface area contributed by atoms with Gasteiger partial charge in [0.2, 0.25) is 0 Å². The van der Waals surface area contributed by atoms with Gasteiger partial charge in [-0.05, 0) is 29.8 Å². The van der Waals surface area contributed by atoms with Gasteiger partial charge in [-0.25, -0.2) is 0 Å². The van der Waals surface area contributed by atoms with Crippen LogP contribution in [-0.2, 0) is 17.8 Å². The lowest BCUT2D eigenvalue weighted by Crippen LogP contribution is -2.26. The quantitative estimate of drug-likeness (QED) is 0.841. The second-order valence-electron chi connectivity index (χ2n) is 4.74. The lowest BCUT2D eigenvalue weighted by atomic mass is 10.1. The fraction of sp³-hybridized carbons (Fsp3) is 0.692. The number of halogens is 1. The van der Waals surface area contributed by atoms with Gasteiger partial charge in [0.25, 0.3) is 0 Å². The first-order valence-electron chi connectivity index (χ1n) is 6.42. The lowest BCUT2D eigenvalue weighted by Gasteiger charge is -2.08. The average Bonchev–Trinajstić information content (AvgIpc) is 2.56. The average molecular weight is 316 g/mol. The molecule has 0 saturated carbocycles. The van der Waals surface area contributed by atoms with Gasteiger partial charge in [0.05, 0.1) is 15.9 Å². The summed E-state index contributed by atoms with van der Waals surface area (Å²) in [7, 11) is 0.